The molecule has 0 aromatic rings. The summed E-state index contributed by atoms with van der Waals surface area (Å²) >= 11 is 0. The van der Waals surface area contributed by atoms with Gasteiger partial charge in [-0.25, -0.2) is 9.59 Å². The molecule has 24 heavy (non-hydrogen) atoms. The molecule has 0 aliphatic heterocycles. The predicted molar refractivity (Wildman–Crippen MR) is 62.6 cm³/mol. The Balaban J connectivity index is 5.49. The number of rotatable bonds is 9. The number of carboxylic acid groups (broad SMARTS) is 2. The second-order valence-electron chi connectivity index (χ2n) is 4.43. The van der Waals surface area contributed by atoms with E-state index < -0.39 is 60.6 Å². The molecule has 0 saturated carbocycles. The summed E-state index contributed by atoms with van der Waals surface area (Å²) in [7, 11) is 0. The minimum atomic E-state index is -6.61. The first-order valence-electron chi connectivity index (χ1n) is 5.91. The van der Waals surface area contributed by atoms with Gasteiger partial charge in [0, 0.05) is 18.6 Å². The largest absolute Gasteiger partial charge is 0.478 e. The summed E-state index contributed by atoms with van der Waals surface area (Å²) in [6, 6.07) is 0. The topological polar surface area (TPSA) is 74.6 Å². The fourth-order valence-electron chi connectivity index (χ4n) is 1.33. The Hall–Kier alpha value is -2.14. The van der Waals surface area contributed by atoms with Crippen molar-refractivity contribution in [2.45, 2.75) is 36.5 Å². The van der Waals surface area contributed by atoms with Gasteiger partial charge in [-0.3, -0.25) is 0 Å². The van der Waals surface area contributed by atoms with E-state index in [9.17, 15) is 44.7 Å². The number of carboxylic acids is 2. The van der Waals surface area contributed by atoms with Gasteiger partial charge in [-0.15, -0.1) is 0 Å². The van der Waals surface area contributed by atoms with Gasteiger partial charge in [0.05, 0.1) is 0 Å². The molecule has 138 valence electrons. The van der Waals surface area contributed by atoms with Crippen LogP contribution in [-0.4, -0.2) is 45.8 Å². The zero-order valence-electron chi connectivity index (χ0n) is 11.5. The Kier molecular flexibility index (Phi) is 6.54. The minimum Gasteiger partial charge on any atom is -0.478 e. The lowest BCUT2D eigenvalue weighted by Gasteiger charge is -2.35. The molecule has 0 bridgehead atoms. The van der Waals surface area contributed by atoms with Crippen molar-refractivity contribution in [2.75, 3.05) is 0 Å². The van der Waals surface area contributed by atoms with E-state index >= 15 is 0 Å². The molecule has 0 fully saturated rings. The molecule has 0 radical (unpaired) electrons. The normalized spacial score (nSPS) is 14.5. The van der Waals surface area contributed by atoms with Crippen molar-refractivity contribution in [3.8, 4) is 0 Å². The quantitative estimate of drug-likeness (QED) is 0.481. The fourth-order valence-corrected chi connectivity index (χ4v) is 1.33. The maximum absolute atomic E-state index is 13.3. The number of hydrogen-bond acceptors (Lipinski definition) is 2. The van der Waals surface area contributed by atoms with E-state index in [2.05, 4.69) is 0 Å². The molecule has 12 heteroatoms. The van der Waals surface area contributed by atoms with E-state index in [-0.39, 0.29) is 6.08 Å². The van der Waals surface area contributed by atoms with E-state index in [1.165, 1.54) is 0 Å². The van der Waals surface area contributed by atoms with E-state index in [1.54, 1.807) is 0 Å². The zero-order valence-corrected chi connectivity index (χ0v) is 11.5. The highest BCUT2D eigenvalue weighted by atomic mass is 19.4. The van der Waals surface area contributed by atoms with Crippen LogP contribution in [0.2, 0.25) is 0 Å². The number of halogens is 8. The second kappa shape index (κ2) is 7.18. The van der Waals surface area contributed by atoms with Gasteiger partial charge in [-0.05, 0) is 12.5 Å². The Bertz CT molecular complexity index is 539. The second-order valence-corrected chi connectivity index (χ2v) is 4.43. The lowest BCUT2D eigenvalue weighted by atomic mass is 9.95. The summed E-state index contributed by atoms with van der Waals surface area (Å²) in [6.07, 6.45) is -4.13. The van der Waals surface area contributed by atoms with E-state index in [1.807, 2.05) is 0 Å². The smallest absolute Gasteiger partial charge is 0.381 e. The molecule has 0 amide bonds. The molecule has 0 aliphatic carbocycles. The van der Waals surface area contributed by atoms with Gasteiger partial charge in [0.2, 0.25) is 0 Å². The van der Waals surface area contributed by atoms with Crippen LogP contribution < -0.4 is 0 Å². The highest BCUT2D eigenvalue weighted by Gasteiger charge is 2.79. The molecular weight excluding hydrogens is 360 g/mol. The SMILES string of the molecule is O=C(O)/C=C/CCC(F)(F)C(F)(F)C(F)(F)C(F)(F)/C=C/C(=O)O. The van der Waals surface area contributed by atoms with Crippen LogP contribution in [0.5, 0.6) is 0 Å². The molecule has 0 atom stereocenters. The van der Waals surface area contributed by atoms with Gasteiger partial charge >= 0.3 is 35.6 Å². The monoisotopic (exact) mass is 370 g/mol. The van der Waals surface area contributed by atoms with Crippen molar-refractivity contribution < 1.29 is 54.9 Å². The molecule has 0 saturated heterocycles. The highest BCUT2D eigenvalue weighted by molar-refractivity contribution is 5.80. The lowest BCUT2D eigenvalue weighted by Crippen LogP contribution is -2.61. The maximum Gasteiger partial charge on any atom is 0.381 e. The minimum absolute atomic E-state index is 0.274. The van der Waals surface area contributed by atoms with Gasteiger partial charge in [0.1, 0.15) is 0 Å². The summed E-state index contributed by atoms with van der Waals surface area (Å²) in [4.78, 5) is 20.0. The highest BCUT2D eigenvalue weighted by Crippen LogP contribution is 2.54. The number of allylic oxidation sites excluding steroid dienone is 2. The summed E-state index contributed by atoms with van der Waals surface area (Å²) in [5.74, 6) is -28.5. The molecule has 2 N–H and O–H groups in total. The molecule has 0 spiro atoms. The van der Waals surface area contributed by atoms with Gasteiger partial charge in [-0.2, -0.15) is 35.1 Å². The van der Waals surface area contributed by atoms with Crippen LogP contribution in [0.15, 0.2) is 24.3 Å². The summed E-state index contributed by atoms with van der Waals surface area (Å²) < 4.78 is 106. The molecule has 0 rings (SSSR count). The third-order valence-electron chi connectivity index (χ3n) is 2.59. The Labute approximate surface area is 129 Å². The van der Waals surface area contributed by atoms with Crippen molar-refractivity contribution in [3.63, 3.8) is 0 Å². The average Bonchev–Trinajstić information content (AvgIpc) is 2.40. The predicted octanol–water partition coefficient (Wildman–Crippen LogP) is 3.59. The van der Waals surface area contributed by atoms with Crippen molar-refractivity contribution in [1.29, 1.82) is 0 Å². The number of hydrogen-bond donors (Lipinski definition) is 2. The van der Waals surface area contributed by atoms with Crippen LogP contribution in [0.3, 0.4) is 0 Å². The molecule has 4 nitrogen and oxygen atoms in total. The van der Waals surface area contributed by atoms with Gasteiger partial charge in [0.25, 0.3) is 0 Å². The summed E-state index contributed by atoms with van der Waals surface area (Å²) in [5.41, 5.74) is 0. The average molecular weight is 370 g/mol. The van der Waals surface area contributed by atoms with Crippen molar-refractivity contribution >= 4 is 11.9 Å². The van der Waals surface area contributed by atoms with Gasteiger partial charge < -0.3 is 10.2 Å². The van der Waals surface area contributed by atoms with Crippen LogP contribution in [0.4, 0.5) is 35.1 Å². The Morgan fingerprint density at radius 2 is 1.25 bits per heavy atom. The van der Waals surface area contributed by atoms with E-state index in [0.717, 1.165) is 0 Å². The van der Waals surface area contributed by atoms with Gasteiger partial charge in [0.15, 0.2) is 0 Å². The maximum atomic E-state index is 13.3. The van der Waals surface area contributed by atoms with Crippen LogP contribution >= 0.6 is 0 Å². The number of alkyl halides is 8. The molecule has 0 unspecified atom stereocenters. The van der Waals surface area contributed by atoms with Crippen molar-refractivity contribution in [3.05, 3.63) is 24.3 Å². The van der Waals surface area contributed by atoms with Crippen molar-refractivity contribution in [1.82, 2.24) is 0 Å². The summed E-state index contributed by atoms with van der Waals surface area (Å²) in [6.45, 7) is 0. The first-order valence-corrected chi connectivity index (χ1v) is 5.91. The molecular formula is C12H10F8O4. The van der Waals surface area contributed by atoms with Crippen LogP contribution in [-0.2, 0) is 9.59 Å². The lowest BCUT2D eigenvalue weighted by molar-refractivity contribution is -0.356. The number of aliphatic carboxylic acids is 2. The van der Waals surface area contributed by atoms with Gasteiger partial charge in [-0.1, -0.05) is 6.08 Å². The Morgan fingerprint density at radius 3 is 1.67 bits per heavy atom. The molecule has 0 heterocycles. The van der Waals surface area contributed by atoms with Crippen LogP contribution in [0, 0.1) is 0 Å². The van der Waals surface area contributed by atoms with Crippen molar-refractivity contribution in [2.24, 2.45) is 0 Å². The first kappa shape index (κ1) is 21.9. The standard InChI is InChI=1S/C12H10F8O4/c13-9(14,5-2-1-3-7(21)22)11(17,18)12(19,20)10(15,16)6-4-8(23)24/h1,3-4,6H,2,5H2,(H,21,22)(H,23,24)/b3-1+,6-4+. The third kappa shape index (κ3) is 4.68. The van der Waals surface area contributed by atoms with E-state index in [4.69, 9.17) is 10.2 Å². The fraction of sp³-hybridized carbons (Fsp3) is 0.500. The third-order valence-corrected chi connectivity index (χ3v) is 2.59. The number of carbonyl (C=O) groups is 2. The van der Waals surface area contributed by atoms with Crippen LogP contribution in [0.1, 0.15) is 12.8 Å². The molecule has 0 aromatic heterocycles. The first-order chi connectivity index (χ1) is 10.6. The molecule has 0 aliphatic rings. The summed E-state index contributed by atoms with van der Waals surface area (Å²) in [5, 5.41) is 16.2. The van der Waals surface area contributed by atoms with E-state index in [0.29, 0.717) is 6.08 Å². The zero-order chi connectivity index (χ0) is 19.4. The van der Waals surface area contributed by atoms with Crippen LogP contribution in [0.25, 0.3) is 0 Å². The Morgan fingerprint density at radius 1 is 0.792 bits per heavy atom. The molecule has 0 aromatic carbocycles.